The Morgan fingerprint density at radius 2 is 2.04 bits per heavy atom. The molecule has 2 aromatic rings. The lowest BCUT2D eigenvalue weighted by molar-refractivity contribution is -0.137. The van der Waals surface area contributed by atoms with Crippen LogP contribution in [0.2, 0.25) is 0 Å². The van der Waals surface area contributed by atoms with Crippen molar-refractivity contribution in [1.29, 1.82) is 0 Å². The second-order valence-corrected chi connectivity index (χ2v) is 6.16. The number of amides is 1. The minimum absolute atomic E-state index is 0.280. The summed E-state index contributed by atoms with van der Waals surface area (Å²) in [5, 5.41) is 12.6. The fourth-order valence-corrected chi connectivity index (χ4v) is 3.02. The molecule has 0 saturated carbocycles. The Labute approximate surface area is 137 Å². The molecule has 2 rings (SSSR count). The van der Waals surface area contributed by atoms with E-state index in [9.17, 15) is 14.0 Å². The second kappa shape index (κ2) is 7.82. The molecule has 2 N–H and O–H groups in total. The maximum atomic E-state index is 13.0. The monoisotopic (exact) mass is 336 g/mol. The molecule has 5 nitrogen and oxygen atoms in total. The number of halogens is 1. The number of carbonyl (C=O) groups is 2. The van der Waals surface area contributed by atoms with Crippen LogP contribution < -0.4 is 5.32 Å². The average molecular weight is 336 g/mol. The van der Waals surface area contributed by atoms with E-state index in [1.165, 1.54) is 41.8 Å². The predicted octanol–water partition coefficient (Wildman–Crippen LogP) is 3.18. The molecule has 0 aliphatic carbocycles. The van der Waals surface area contributed by atoms with E-state index in [0.29, 0.717) is 10.4 Å². The number of aromatic nitrogens is 1. The van der Waals surface area contributed by atoms with Gasteiger partial charge in [-0.25, -0.2) is 9.37 Å². The molecule has 1 aromatic heterocycles. The van der Waals surface area contributed by atoms with Crippen LogP contribution in [0.1, 0.15) is 46.0 Å². The molecule has 0 saturated heterocycles. The Hall–Kier alpha value is -2.28. The van der Waals surface area contributed by atoms with Crippen molar-refractivity contribution < 1.29 is 19.1 Å². The SMILES string of the molecule is CCCc1ncc(C(=O)NC(CC(=O)O)c2ccc(F)cc2)s1. The van der Waals surface area contributed by atoms with Gasteiger partial charge in [0.1, 0.15) is 10.7 Å². The highest BCUT2D eigenvalue weighted by Gasteiger charge is 2.20. The lowest BCUT2D eigenvalue weighted by atomic mass is 10.0. The molecule has 1 aromatic carbocycles. The summed E-state index contributed by atoms with van der Waals surface area (Å²) in [5.41, 5.74) is 0.542. The lowest BCUT2D eigenvalue weighted by Gasteiger charge is -2.16. The number of carbonyl (C=O) groups excluding carboxylic acids is 1. The molecule has 0 aliphatic heterocycles. The van der Waals surface area contributed by atoms with Crippen molar-refractivity contribution in [3.8, 4) is 0 Å². The molecule has 122 valence electrons. The Morgan fingerprint density at radius 1 is 1.35 bits per heavy atom. The first-order valence-electron chi connectivity index (χ1n) is 7.22. The van der Waals surface area contributed by atoms with Gasteiger partial charge in [0.25, 0.3) is 5.91 Å². The third kappa shape index (κ3) is 4.85. The minimum atomic E-state index is -1.05. The number of nitrogens with zero attached hydrogens (tertiary/aromatic N) is 1. The second-order valence-electron chi connectivity index (χ2n) is 5.04. The molecule has 7 heteroatoms. The molecule has 0 fully saturated rings. The molecule has 1 atom stereocenters. The van der Waals surface area contributed by atoms with Crippen molar-refractivity contribution in [2.75, 3.05) is 0 Å². The molecular formula is C16H17FN2O3S. The largest absolute Gasteiger partial charge is 0.481 e. The highest BCUT2D eigenvalue weighted by Crippen LogP contribution is 2.20. The van der Waals surface area contributed by atoms with E-state index in [1.54, 1.807) is 0 Å². The number of nitrogens with one attached hydrogen (secondary N) is 1. The van der Waals surface area contributed by atoms with Crippen LogP contribution in [0.4, 0.5) is 4.39 Å². The number of aryl methyl sites for hydroxylation is 1. The van der Waals surface area contributed by atoms with Gasteiger partial charge in [-0.1, -0.05) is 19.1 Å². The predicted molar refractivity (Wildman–Crippen MR) is 85.0 cm³/mol. The normalized spacial score (nSPS) is 11.9. The van der Waals surface area contributed by atoms with Crippen LogP contribution in [-0.4, -0.2) is 22.0 Å². The molecule has 23 heavy (non-hydrogen) atoms. The van der Waals surface area contributed by atoms with E-state index in [4.69, 9.17) is 5.11 Å². The minimum Gasteiger partial charge on any atom is -0.481 e. The quantitative estimate of drug-likeness (QED) is 0.814. The Morgan fingerprint density at radius 3 is 2.65 bits per heavy atom. The van der Waals surface area contributed by atoms with Gasteiger partial charge in [0, 0.05) is 0 Å². The number of hydrogen-bond acceptors (Lipinski definition) is 4. The summed E-state index contributed by atoms with van der Waals surface area (Å²) in [6.45, 7) is 2.03. The van der Waals surface area contributed by atoms with Crippen LogP contribution in [0, 0.1) is 5.82 Å². The number of carboxylic acid groups (broad SMARTS) is 1. The third-order valence-corrected chi connectivity index (χ3v) is 4.25. The van der Waals surface area contributed by atoms with Gasteiger partial charge >= 0.3 is 5.97 Å². The summed E-state index contributed by atoms with van der Waals surface area (Å²) in [4.78, 5) is 27.9. The van der Waals surface area contributed by atoms with E-state index < -0.39 is 17.8 Å². The summed E-state index contributed by atoms with van der Waals surface area (Å²) < 4.78 is 13.0. The first-order valence-corrected chi connectivity index (χ1v) is 8.04. The van der Waals surface area contributed by atoms with Gasteiger partial charge in [0.2, 0.25) is 0 Å². The van der Waals surface area contributed by atoms with Gasteiger partial charge in [-0.3, -0.25) is 9.59 Å². The fraction of sp³-hybridized carbons (Fsp3) is 0.312. The number of aliphatic carboxylic acids is 1. The summed E-state index contributed by atoms with van der Waals surface area (Å²) in [5.74, 6) is -1.84. The van der Waals surface area contributed by atoms with Crippen molar-refractivity contribution in [2.24, 2.45) is 0 Å². The zero-order valence-electron chi connectivity index (χ0n) is 12.6. The molecule has 1 unspecified atom stereocenters. The summed E-state index contributed by atoms with van der Waals surface area (Å²) in [6, 6.07) is 4.69. The van der Waals surface area contributed by atoms with E-state index in [1.807, 2.05) is 6.92 Å². The average Bonchev–Trinajstić information content (AvgIpc) is 2.96. The van der Waals surface area contributed by atoms with Gasteiger partial charge in [-0.15, -0.1) is 11.3 Å². The van der Waals surface area contributed by atoms with Crippen molar-refractivity contribution in [3.05, 3.63) is 51.7 Å². The number of thiazole rings is 1. The first-order chi connectivity index (χ1) is 11.0. The van der Waals surface area contributed by atoms with Crippen LogP contribution in [0.25, 0.3) is 0 Å². The summed E-state index contributed by atoms with van der Waals surface area (Å²) in [6.07, 6.45) is 2.95. The smallest absolute Gasteiger partial charge is 0.305 e. The summed E-state index contributed by atoms with van der Waals surface area (Å²) >= 11 is 1.29. The zero-order chi connectivity index (χ0) is 16.8. The van der Waals surface area contributed by atoms with Crippen LogP contribution in [-0.2, 0) is 11.2 Å². The van der Waals surface area contributed by atoms with Gasteiger partial charge < -0.3 is 10.4 Å². The standard InChI is InChI=1S/C16H17FN2O3S/c1-2-3-14-18-9-13(23-14)16(22)19-12(8-15(20)21)10-4-6-11(17)7-5-10/h4-7,9,12H,2-3,8H2,1H3,(H,19,22)(H,20,21). The number of carboxylic acids is 1. The van der Waals surface area contributed by atoms with Crippen molar-refractivity contribution in [2.45, 2.75) is 32.2 Å². The number of benzene rings is 1. The highest BCUT2D eigenvalue weighted by molar-refractivity contribution is 7.13. The molecule has 0 radical (unpaired) electrons. The van der Waals surface area contributed by atoms with Crippen LogP contribution >= 0.6 is 11.3 Å². The van der Waals surface area contributed by atoms with Crippen LogP contribution in [0.3, 0.4) is 0 Å². The lowest BCUT2D eigenvalue weighted by Crippen LogP contribution is -2.29. The zero-order valence-corrected chi connectivity index (χ0v) is 13.4. The number of hydrogen-bond donors (Lipinski definition) is 2. The molecule has 1 heterocycles. The molecular weight excluding hydrogens is 319 g/mol. The van der Waals surface area contributed by atoms with Crippen LogP contribution in [0.5, 0.6) is 0 Å². The molecule has 0 aliphatic rings. The maximum absolute atomic E-state index is 13.0. The van der Waals surface area contributed by atoms with E-state index in [2.05, 4.69) is 10.3 Å². The van der Waals surface area contributed by atoms with Gasteiger partial charge in [-0.2, -0.15) is 0 Å². The molecule has 0 spiro atoms. The topological polar surface area (TPSA) is 79.3 Å². The fourth-order valence-electron chi connectivity index (χ4n) is 2.10. The Bertz CT molecular complexity index is 685. The van der Waals surface area contributed by atoms with Gasteiger partial charge in [0.05, 0.1) is 23.7 Å². The van der Waals surface area contributed by atoms with E-state index >= 15 is 0 Å². The number of rotatable bonds is 7. The Kier molecular flexibility index (Phi) is 5.81. The van der Waals surface area contributed by atoms with Crippen molar-refractivity contribution in [3.63, 3.8) is 0 Å². The van der Waals surface area contributed by atoms with Crippen LogP contribution in [0.15, 0.2) is 30.5 Å². The van der Waals surface area contributed by atoms with Gasteiger partial charge in [-0.05, 0) is 30.5 Å². The highest BCUT2D eigenvalue weighted by atomic mass is 32.1. The van der Waals surface area contributed by atoms with Crippen molar-refractivity contribution >= 4 is 23.2 Å². The third-order valence-electron chi connectivity index (χ3n) is 3.20. The maximum Gasteiger partial charge on any atom is 0.305 e. The Balaban J connectivity index is 2.14. The van der Waals surface area contributed by atoms with Gasteiger partial charge in [0.15, 0.2) is 0 Å². The summed E-state index contributed by atoms with van der Waals surface area (Å²) in [7, 11) is 0. The van der Waals surface area contributed by atoms with E-state index in [-0.39, 0.29) is 12.3 Å². The first kappa shape index (κ1) is 17.1. The van der Waals surface area contributed by atoms with E-state index in [0.717, 1.165) is 17.8 Å². The molecule has 0 bridgehead atoms. The molecule has 1 amide bonds. The van der Waals surface area contributed by atoms with Crippen molar-refractivity contribution in [1.82, 2.24) is 10.3 Å².